The van der Waals surface area contributed by atoms with Gasteiger partial charge in [-0.15, -0.1) is 0 Å². The van der Waals surface area contributed by atoms with Gasteiger partial charge in [-0.05, 0) is 29.3 Å². The van der Waals surface area contributed by atoms with E-state index in [2.05, 4.69) is 0 Å². The highest BCUT2D eigenvalue weighted by atomic mass is 16.3. The molecule has 0 saturated heterocycles. The molecule has 4 nitrogen and oxygen atoms in total. The average Bonchev–Trinajstić information content (AvgIpc) is 2.55. The highest BCUT2D eigenvalue weighted by Gasteiger charge is 2.28. The fraction of sp³-hybridized carbons (Fsp3) is 0.111. The first-order chi connectivity index (χ1) is 10.5. The summed E-state index contributed by atoms with van der Waals surface area (Å²) in [5, 5.41) is 39.6. The van der Waals surface area contributed by atoms with Gasteiger partial charge < -0.3 is 20.4 Å². The van der Waals surface area contributed by atoms with Crippen LogP contribution in [0.15, 0.2) is 60.7 Å². The van der Waals surface area contributed by atoms with Crippen LogP contribution < -0.4 is 0 Å². The van der Waals surface area contributed by atoms with Crippen LogP contribution in [0.5, 0.6) is 17.2 Å². The SMILES string of the molecule is Oc1ccc(C2=CCC(O)(c3ccccc3)C=C2)c(O)c1O. The first kappa shape index (κ1) is 14.2. The Morgan fingerprint density at radius 2 is 1.59 bits per heavy atom. The van der Waals surface area contributed by atoms with Gasteiger partial charge in [0.2, 0.25) is 5.75 Å². The fourth-order valence-electron chi connectivity index (χ4n) is 2.57. The molecule has 0 amide bonds. The van der Waals surface area contributed by atoms with Crippen molar-refractivity contribution in [1.29, 1.82) is 0 Å². The second-order valence-electron chi connectivity index (χ2n) is 5.32. The summed E-state index contributed by atoms with van der Waals surface area (Å²) < 4.78 is 0. The van der Waals surface area contributed by atoms with Crippen molar-refractivity contribution in [3.63, 3.8) is 0 Å². The highest BCUT2D eigenvalue weighted by Crippen LogP contribution is 2.42. The molecule has 4 heteroatoms. The van der Waals surface area contributed by atoms with Gasteiger partial charge in [-0.25, -0.2) is 0 Å². The Morgan fingerprint density at radius 1 is 0.864 bits per heavy atom. The smallest absolute Gasteiger partial charge is 0.200 e. The molecule has 1 unspecified atom stereocenters. The van der Waals surface area contributed by atoms with Crippen molar-refractivity contribution < 1.29 is 20.4 Å². The molecule has 0 aromatic heterocycles. The van der Waals surface area contributed by atoms with Crippen LogP contribution in [0.4, 0.5) is 0 Å². The molecule has 3 rings (SSSR count). The maximum atomic E-state index is 10.7. The van der Waals surface area contributed by atoms with E-state index in [1.54, 1.807) is 18.2 Å². The zero-order valence-corrected chi connectivity index (χ0v) is 11.8. The summed E-state index contributed by atoms with van der Waals surface area (Å²) in [6.45, 7) is 0. The first-order valence-corrected chi connectivity index (χ1v) is 6.93. The standard InChI is InChI=1S/C18H16O4/c19-15-7-6-14(16(20)17(15)21)12-8-10-18(22,11-9-12)13-4-2-1-3-5-13/h1-10,19-22H,11H2. The lowest BCUT2D eigenvalue weighted by molar-refractivity contribution is 0.0919. The van der Waals surface area contributed by atoms with E-state index in [0.29, 0.717) is 17.6 Å². The molecule has 1 atom stereocenters. The van der Waals surface area contributed by atoms with Gasteiger partial charge in [0.15, 0.2) is 11.5 Å². The van der Waals surface area contributed by atoms with E-state index in [1.165, 1.54) is 12.1 Å². The molecule has 1 aliphatic rings. The Labute approximate surface area is 127 Å². The van der Waals surface area contributed by atoms with Crippen LogP contribution in [-0.2, 0) is 5.60 Å². The molecule has 0 fully saturated rings. The average molecular weight is 296 g/mol. The predicted octanol–water partition coefficient (Wildman–Crippen LogP) is 3.03. The lowest BCUT2D eigenvalue weighted by atomic mass is 9.84. The van der Waals surface area contributed by atoms with E-state index < -0.39 is 11.4 Å². The fourth-order valence-corrected chi connectivity index (χ4v) is 2.57. The summed E-state index contributed by atoms with van der Waals surface area (Å²) in [5.74, 6) is -1.29. The van der Waals surface area contributed by atoms with Crippen LogP contribution >= 0.6 is 0 Å². The monoisotopic (exact) mass is 296 g/mol. The molecule has 0 saturated carbocycles. The molecule has 1 aliphatic carbocycles. The number of aliphatic hydroxyl groups is 1. The normalized spacial score (nSPS) is 20.7. The zero-order valence-electron chi connectivity index (χ0n) is 11.8. The van der Waals surface area contributed by atoms with Crippen molar-refractivity contribution in [1.82, 2.24) is 0 Å². The number of allylic oxidation sites excluding steroid dienone is 2. The van der Waals surface area contributed by atoms with E-state index in [9.17, 15) is 20.4 Å². The summed E-state index contributed by atoms with van der Waals surface area (Å²) in [7, 11) is 0. The molecule has 112 valence electrons. The topological polar surface area (TPSA) is 80.9 Å². The van der Waals surface area contributed by atoms with Crippen LogP contribution in [0.1, 0.15) is 17.5 Å². The van der Waals surface area contributed by atoms with Gasteiger partial charge in [-0.3, -0.25) is 0 Å². The zero-order chi connectivity index (χ0) is 15.7. The van der Waals surface area contributed by atoms with Gasteiger partial charge in [0.25, 0.3) is 0 Å². The number of hydrogen-bond acceptors (Lipinski definition) is 4. The van der Waals surface area contributed by atoms with Crippen molar-refractivity contribution >= 4 is 5.57 Å². The van der Waals surface area contributed by atoms with Crippen LogP contribution in [-0.4, -0.2) is 20.4 Å². The van der Waals surface area contributed by atoms with Crippen molar-refractivity contribution in [2.45, 2.75) is 12.0 Å². The Morgan fingerprint density at radius 3 is 2.23 bits per heavy atom. The lowest BCUT2D eigenvalue weighted by Crippen LogP contribution is -2.23. The van der Waals surface area contributed by atoms with Gasteiger partial charge in [0.1, 0.15) is 5.60 Å². The Hall–Kier alpha value is -2.72. The number of rotatable bonds is 2. The Kier molecular flexibility index (Phi) is 3.39. The third-order valence-electron chi connectivity index (χ3n) is 3.89. The van der Waals surface area contributed by atoms with Crippen LogP contribution in [0.2, 0.25) is 0 Å². The Balaban J connectivity index is 1.93. The lowest BCUT2D eigenvalue weighted by Gasteiger charge is -2.27. The van der Waals surface area contributed by atoms with Crippen LogP contribution in [0.25, 0.3) is 5.57 Å². The minimum Gasteiger partial charge on any atom is -0.504 e. The second-order valence-corrected chi connectivity index (χ2v) is 5.32. The molecule has 2 aromatic carbocycles. The maximum absolute atomic E-state index is 10.7. The first-order valence-electron chi connectivity index (χ1n) is 6.93. The van der Waals surface area contributed by atoms with Crippen molar-refractivity contribution in [2.75, 3.05) is 0 Å². The predicted molar refractivity (Wildman–Crippen MR) is 83.5 cm³/mol. The summed E-state index contributed by atoms with van der Waals surface area (Å²) in [5.41, 5.74) is 0.786. The van der Waals surface area contributed by atoms with Gasteiger partial charge in [0, 0.05) is 12.0 Å². The number of phenols is 3. The number of phenolic OH excluding ortho intramolecular Hbond substituents is 3. The minimum atomic E-state index is -1.08. The quantitative estimate of drug-likeness (QED) is 0.642. The summed E-state index contributed by atoms with van der Waals surface area (Å²) in [4.78, 5) is 0. The minimum absolute atomic E-state index is 0.351. The molecule has 4 N–H and O–H groups in total. The summed E-state index contributed by atoms with van der Waals surface area (Å²) in [6.07, 6.45) is 5.51. The van der Waals surface area contributed by atoms with E-state index in [1.807, 2.05) is 30.3 Å². The van der Waals surface area contributed by atoms with Gasteiger partial charge in [-0.2, -0.15) is 0 Å². The van der Waals surface area contributed by atoms with Crippen LogP contribution in [0, 0.1) is 0 Å². The van der Waals surface area contributed by atoms with E-state index in [-0.39, 0.29) is 11.5 Å². The summed E-state index contributed by atoms with van der Waals surface area (Å²) in [6, 6.07) is 12.2. The molecule has 0 bridgehead atoms. The molecule has 0 heterocycles. The Bertz CT molecular complexity index is 762. The third-order valence-corrected chi connectivity index (χ3v) is 3.89. The molecule has 0 aliphatic heterocycles. The van der Waals surface area contributed by atoms with Crippen molar-refractivity contribution in [3.8, 4) is 17.2 Å². The van der Waals surface area contributed by atoms with Gasteiger partial charge >= 0.3 is 0 Å². The molecule has 0 spiro atoms. The van der Waals surface area contributed by atoms with Crippen molar-refractivity contribution in [3.05, 3.63) is 71.8 Å². The molecular weight excluding hydrogens is 280 g/mol. The van der Waals surface area contributed by atoms with Gasteiger partial charge in [0.05, 0.1) is 0 Å². The number of benzene rings is 2. The third kappa shape index (κ3) is 2.34. The maximum Gasteiger partial charge on any atom is 0.200 e. The largest absolute Gasteiger partial charge is 0.504 e. The number of aromatic hydroxyl groups is 3. The summed E-state index contributed by atoms with van der Waals surface area (Å²) >= 11 is 0. The molecule has 0 radical (unpaired) electrons. The molecule has 2 aromatic rings. The van der Waals surface area contributed by atoms with Crippen molar-refractivity contribution in [2.24, 2.45) is 0 Å². The highest BCUT2D eigenvalue weighted by molar-refractivity contribution is 5.81. The van der Waals surface area contributed by atoms with E-state index in [0.717, 1.165) is 5.56 Å². The van der Waals surface area contributed by atoms with Gasteiger partial charge in [-0.1, -0.05) is 42.5 Å². The van der Waals surface area contributed by atoms with E-state index in [4.69, 9.17) is 0 Å². The molecular formula is C18H16O4. The number of hydrogen-bond donors (Lipinski definition) is 4. The second kappa shape index (κ2) is 5.24. The van der Waals surface area contributed by atoms with E-state index >= 15 is 0 Å². The molecule has 22 heavy (non-hydrogen) atoms. The van der Waals surface area contributed by atoms with Crippen LogP contribution in [0.3, 0.4) is 0 Å².